The van der Waals surface area contributed by atoms with Gasteiger partial charge >= 0.3 is 0 Å². The summed E-state index contributed by atoms with van der Waals surface area (Å²) >= 11 is 0. The molecule has 0 spiro atoms. The fourth-order valence-corrected chi connectivity index (χ4v) is 10.6. The summed E-state index contributed by atoms with van der Waals surface area (Å²) in [7, 11) is 0. The van der Waals surface area contributed by atoms with Gasteiger partial charge < -0.3 is 5.73 Å². The summed E-state index contributed by atoms with van der Waals surface area (Å²) in [5.41, 5.74) is 7.80. The Morgan fingerprint density at radius 1 is 1.00 bits per heavy atom. The molecule has 0 saturated heterocycles. The van der Waals surface area contributed by atoms with E-state index in [1.54, 1.807) is 0 Å². The van der Waals surface area contributed by atoms with E-state index in [-0.39, 0.29) is 34.0 Å². The van der Waals surface area contributed by atoms with Gasteiger partial charge in [-0.15, -0.1) is 0 Å². The molecule has 3 nitrogen and oxygen atoms in total. The molecule has 0 aromatic rings. The molecule has 3 heteroatoms. The van der Waals surface area contributed by atoms with E-state index >= 15 is 0 Å². The minimum absolute atomic E-state index is 0.0344. The van der Waals surface area contributed by atoms with Crippen molar-refractivity contribution < 1.29 is 9.59 Å². The van der Waals surface area contributed by atoms with Crippen LogP contribution in [0.5, 0.6) is 0 Å². The highest BCUT2D eigenvalue weighted by Crippen LogP contribution is 2.75. The largest absolute Gasteiger partial charge is 0.369 e. The van der Waals surface area contributed by atoms with Crippen LogP contribution in [0, 0.1) is 56.7 Å². The molecule has 0 aliphatic heterocycles. The topological polar surface area (TPSA) is 60.2 Å². The average molecular weight is 466 g/mol. The zero-order chi connectivity index (χ0) is 25.1. The van der Waals surface area contributed by atoms with Crippen LogP contribution in [0.1, 0.15) is 99.8 Å². The number of ketones is 1. The van der Waals surface area contributed by atoms with Crippen molar-refractivity contribution in [2.75, 3.05) is 0 Å². The zero-order valence-electron chi connectivity index (χ0n) is 22.7. The third-order valence-electron chi connectivity index (χ3n) is 13.3. The fraction of sp³-hybridized carbons (Fsp3) is 0.806. The summed E-state index contributed by atoms with van der Waals surface area (Å²) < 4.78 is 0. The van der Waals surface area contributed by atoms with Crippen LogP contribution in [0.25, 0.3) is 0 Å². The molecule has 4 saturated carbocycles. The minimum atomic E-state index is -0.724. The van der Waals surface area contributed by atoms with Crippen molar-refractivity contribution in [1.82, 2.24) is 0 Å². The van der Waals surface area contributed by atoms with Crippen LogP contribution >= 0.6 is 0 Å². The smallest absolute Gasteiger partial charge is 0.227 e. The molecule has 10 atom stereocenters. The zero-order valence-corrected chi connectivity index (χ0v) is 22.7. The van der Waals surface area contributed by atoms with Gasteiger partial charge in [0.05, 0.1) is 5.41 Å². The normalized spacial score (nSPS) is 54.8. The van der Waals surface area contributed by atoms with Crippen molar-refractivity contribution in [2.24, 2.45) is 62.4 Å². The van der Waals surface area contributed by atoms with Gasteiger partial charge in [0.1, 0.15) is 0 Å². The summed E-state index contributed by atoms with van der Waals surface area (Å²) in [6.07, 6.45) is 10.8. The molecular weight excluding hydrogens is 418 g/mol. The Labute approximate surface area is 207 Å². The lowest BCUT2D eigenvalue weighted by atomic mass is 9.33. The second-order valence-electron chi connectivity index (χ2n) is 14.5. The molecule has 3 unspecified atom stereocenters. The minimum Gasteiger partial charge on any atom is -0.369 e. The first-order valence-electron chi connectivity index (χ1n) is 13.9. The van der Waals surface area contributed by atoms with E-state index in [1.165, 1.54) is 31.3 Å². The molecule has 5 aliphatic carbocycles. The number of allylic oxidation sites excluding steroid dienone is 2. The summed E-state index contributed by atoms with van der Waals surface area (Å²) in [6.45, 7) is 20.9. The molecule has 0 heterocycles. The van der Waals surface area contributed by atoms with Crippen LogP contribution in [-0.4, -0.2) is 11.7 Å². The number of hydrogen-bond acceptors (Lipinski definition) is 2. The van der Waals surface area contributed by atoms with Gasteiger partial charge in [-0.2, -0.15) is 0 Å². The maximum absolute atomic E-state index is 14.3. The Morgan fingerprint density at radius 3 is 2.32 bits per heavy atom. The Kier molecular flexibility index (Phi) is 5.08. The van der Waals surface area contributed by atoms with Crippen molar-refractivity contribution in [3.05, 3.63) is 23.8 Å². The first-order valence-corrected chi connectivity index (χ1v) is 13.9. The van der Waals surface area contributed by atoms with Crippen molar-refractivity contribution in [1.29, 1.82) is 0 Å². The second-order valence-corrected chi connectivity index (χ2v) is 14.5. The lowest BCUT2D eigenvalue weighted by Crippen LogP contribution is -2.67. The van der Waals surface area contributed by atoms with Crippen LogP contribution in [0.3, 0.4) is 0 Å². The highest BCUT2D eigenvalue weighted by Gasteiger charge is 2.70. The molecular formula is C31H47NO2. The highest BCUT2D eigenvalue weighted by molar-refractivity contribution is 5.96. The third-order valence-corrected chi connectivity index (χ3v) is 13.3. The lowest BCUT2D eigenvalue weighted by Gasteiger charge is -2.70. The van der Waals surface area contributed by atoms with E-state index in [0.717, 1.165) is 31.3 Å². The molecule has 4 fully saturated rings. The van der Waals surface area contributed by atoms with Crippen LogP contribution < -0.4 is 5.73 Å². The lowest BCUT2D eigenvalue weighted by molar-refractivity contribution is -0.183. The van der Waals surface area contributed by atoms with Crippen molar-refractivity contribution in [3.8, 4) is 0 Å². The standard InChI is InChI=1S/C31H47NO2/c1-18-9-12-27(4)15-16-29(6)21(24(27)20(18)3)17-22(33)25-28(5)13-10-19(2)31(8,26(32)34)23(28)11-14-30(25,29)7/h17-18,20,23-25H,2,9-16H2,1,3-8H3,(H2,32,34)/t18-,20+,23?,24?,25?,27-,28+,29-,30-,31+/m1/s1. The molecule has 0 aromatic carbocycles. The van der Waals surface area contributed by atoms with E-state index in [0.29, 0.717) is 29.0 Å². The number of carbonyl (C=O) groups excluding carboxylic acids is 2. The van der Waals surface area contributed by atoms with E-state index in [1.807, 2.05) is 6.92 Å². The molecule has 0 bridgehead atoms. The molecule has 5 rings (SSSR count). The number of nitrogens with two attached hydrogens (primary N) is 1. The van der Waals surface area contributed by atoms with E-state index in [2.05, 4.69) is 54.2 Å². The summed E-state index contributed by atoms with van der Waals surface area (Å²) in [5, 5.41) is 0. The maximum atomic E-state index is 14.3. The van der Waals surface area contributed by atoms with Crippen LogP contribution in [0.4, 0.5) is 0 Å². The summed E-state index contributed by atoms with van der Waals surface area (Å²) in [6, 6.07) is 0. The highest BCUT2D eigenvalue weighted by atomic mass is 16.1. The SMILES string of the molecule is C=C1CC[C@@]2(C)C(CC[C@]3(C)C2C(=O)C=C2C4[C@@H](C)[C@H](C)CC[C@]4(C)CC[C@]23C)[C@@]1(C)C(N)=O. The van der Waals surface area contributed by atoms with E-state index < -0.39 is 5.41 Å². The molecule has 34 heavy (non-hydrogen) atoms. The summed E-state index contributed by atoms with van der Waals surface area (Å²) in [5.74, 6) is 1.92. The van der Waals surface area contributed by atoms with Gasteiger partial charge in [-0.05, 0) is 110 Å². The molecule has 0 aromatic heterocycles. The number of fused-ring (bicyclic) bond motifs is 7. The van der Waals surface area contributed by atoms with Gasteiger partial charge in [0, 0.05) is 5.92 Å². The molecule has 2 N–H and O–H groups in total. The first kappa shape index (κ1) is 24.3. The van der Waals surface area contributed by atoms with Crippen LogP contribution in [0.2, 0.25) is 0 Å². The second kappa shape index (κ2) is 7.10. The molecule has 5 aliphatic rings. The van der Waals surface area contributed by atoms with Crippen LogP contribution in [0.15, 0.2) is 23.8 Å². The number of primary amides is 1. The van der Waals surface area contributed by atoms with E-state index in [4.69, 9.17) is 5.73 Å². The van der Waals surface area contributed by atoms with Gasteiger partial charge in [-0.1, -0.05) is 59.3 Å². The molecule has 1 amide bonds. The number of carbonyl (C=O) groups is 2. The van der Waals surface area contributed by atoms with Crippen molar-refractivity contribution in [3.63, 3.8) is 0 Å². The number of amides is 1. The Morgan fingerprint density at radius 2 is 1.68 bits per heavy atom. The van der Waals surface area contributed by atoms with Gasteiger partial charge in [-0.3, -0.25) is 9.59 Å². The summed E-state index contributed by atoms with van der Waals surface area (Å²) in [4.78, 5) is 27.1. The van der Waals surface area contributed by atoms with Gasteiger partial charge in [0.25, 0.3) is 0 Å². The van der Waals surface area contributed by atoms with E-state index in [9.17, 15) is 9.59 Å². The van der Waals surface area contributed by atoms with Gasteiger partial charge in [-0.25, -0.2) is 0 Å². The van der Waals surface area contributed by atoms with Crippen LogP contribution in [-0.2, 0) is 9.59 Å². The molecule has 188 valence electrons. The number of hydrogen-bond donors (Lipinski definition) is 1. The number of rotatable bonds is 1. The van der Waals surface area contributed by atoms with Gasteiger partial charge in [0.15, 0.2) is 5.78 Å². The van der Waals surface area contributed by atoms with Gasteiger partial charge in [0.2, 0.25) is 5.91 Å². The fourth-order valence-electron chi connectivity index (χ4n) is 10.6. The quantitative estimate of drug-likeness (QED) is 0.430. The predicted molar refractivity (Wildman–Crippen MR) is 138 cm³/mol. The first-order chi connectivity index (χ1) is 15.7. The predicted octanol–water partition coefficient (Wildman–Crippen LogP) is 6.86. The monoisotopic (exact) mass is 465 g/mol. The average Bonchev–Trinajstić information content (AvgIpc) is 2.75. The molecule has 0 radical (unpaired) electrons. The Hall–Kier alpha value is -1.38. The third kappa shape index (κ3) is 2.65. The maximum Gasteiger partial charge on any atom is 0.227 e. The van der Waals surface area contributed by atoms with Crippen molar-refractivity contribution >= 4 is 11.7 Å². The Balaban J connectivity index is 1.66. The Bertz CT molecular complexity index is 995. The van der Waals surface area contributed by atoms with Crippen molar-refractivity contribution in [2.45, 2.75) is 99.8 Å².